The Morgan fingerprint density at radius 2 is 1.84 bits per heavy atom. The molecule has 0 saturated heterocycles. The Kier molecular flexibility index (Phi) is 6.67. The Balaban J connectivity index is 2.72. The summed E-state index contributed by atoms with van der Waals surface area (Å²) < 4.78 is 11.2. The lowest BCUT2D eigenvalue weighted by Crippen LogP contribution is -2.28. The molecule has 0 saturated carbocycles. The van der Waals surface area contributed by atoms with Gasteiger partial charge in [-0.1, -0.05) is 19.9 Å². The molecule has 108 valence electrons. The third-order valence-corrected chi connectivity index (χ3v) is 3.26. The normalized spacial score (nSPS) is 12.5. The van der Waals surface area contributed by atoms with Gasteiger partial charge in [-0.15, -0.1) is 0 Å². The van der Waals surface area contributed by atoms with E-state index in [0.29, 0.717) is 6.61 Å². The largest absolute Gasteiger partial charge is 0.496 e. The second-order valence-electron chi connectivity index (χ2n) is 4.54. The van der Waals surface area contributed by atoms with Gasteiger partial charge in [0.2, 0.25) is 0 Å². The summed E-state index contributed by atoms with van der Waals surface area (Å²) in [6.07, 6.45) is 0. The van der Waals surface area contributed by atoms with E-state index >= 15 is 0 Å². The summed E-state index contributed by atoms with van der Waals surface area (Å²) in [5.41, 5.74) is 6.94. The van der Waals surface area contributed by atoms with Gasteiger partial charge in [-0.05, 0) is 32.1 Å². The number of hydrogen-bond donors (Lipinski definition) is 1. The molecule has 0 aliphatic heterocycles. The number of hydrogen-bond acceptors (Lipinski definition) is 4. The topological polar surface area (TPSA) is 47.7 Å². The van der Waals surface area contributed by atoms with Crippen molar-refractivity contribution in [3.8, 4) is 11.5 Å². The molecular formula is C15H26N2O2. The predicted molar refractivity (Wildman–Crippen MR) is 78.9 cm³/mol. The highest BCUT2D eigenvalue weighted by atomic mass is 16.5. The zero-order chi connectivity index (χ0) is 14.3. The number of nitrogens with zero attached hydrogens (tertiary/aromatic N) is 1. The van der Waals surface area contributed by atoms with E-state index in [9.17, 15) is 0 Å². The van der Waals surface area contributed by atoms with Crippen molar-refractivity contribution in [1.82, 2.24) is 4.90 Å². The molecule has 0 aromatic heterocycles. The monoisotopic (exact) mass is 266 g/mol. The first-order valence-corrected chi connectivity index (χ1v) is 6.91. The van der Waals surface area contributed by atoms with Gasteiger partial charge in [-0.3, -0.25) is 0 Å². The van der Waals surface area contributed by atoms with Crippen LogP contribution in [0.15, 0.2) is 18.2 Å². The number of rotatable bonds is 8. The van der Waals surface area contributed by atoms with Crippen molar-refractivity contribution in [1.29, 1.82) is 0 Å². The van der Waals surface area contributed by atoms with Gasteiger partial charge in [0.25, 0.3) is 0 Å². The zero-order valence-electron chi connectivity index (χ0n) is 12.5. The third kappa shape index (κ3) is 4.40. The Bertz CT molecular complexity index is 376. The fourth-order valence-corrected chi connectivity index (χ4v) is 2.10. The molecule has 0 aliphatic rings. The molecule has 19 heavy (non-hydrogen) atoms. The highest BCUT2D eigenvalue weighted by Gasteiger charge is 2.14. The zero-order valence-corrected chi connectivity index (χ0v) is 12.5. The Morgan fingerprint density at radius 3 is 2.37 bits per heavy atom. The van der Waals surface area contributed by atoms with Gasteiger partial charge in [0.1, 0.15) is 18.1 Å². The SMILES string of the molecule is CCN(CC)CCOc1cccc(OC)c1[C@@H](C)N. The molecule has 0 bridgehead atoms. The first-order chi connectivity index (χ1) is 9.13. The highest BCUT2D eigenvalue weighted by Crippen LogP contribution is 2.32. The minimum atomic E-state index is -0.111. The van der Waals surface area contributed by atoms with E-state index < -0.39 is 0 Å². The fourth-order valence-electron chi connectivity index (χ4n) is 2.10. The smallest absolute Gasteiger partial charge is 0.127 e. The van der Waals surface area contributed by atoms with Crippen LogP contribution in [0.3, 0.4) is 0 Å². The number of benzene rings is 1. The van der Waals surface area contributed by atoms with E-state index in [4.69, 9.17) is 15.2 Å². The number of ether oxygens (including phenoxy) is 2. The van der Waals surface area contributed by atoms with Gasteiger partial charge in [-0.25, -0.2) is 0 Å². The predicted octanol–water partition coefficient (Wildman–Crippen LogP) is 2.44. The van der Waals surface area contributed by atoms with Crippen LogP contribution in [0.5, 0.6) is 11.5 Å². The van der Waals surface area contributed by atoms with E-state index in [2.05, 4.69) is 18.7 Å². The molecule has 0 unspecified atom stereocenters. The van der Waals surface area contributed by atoms with Gasteiger partial charge >= 0.3 is 0 Å². The second kappa shape index (κ2) is 8.02. The lowest BCUT2D eigenvalue weighted by molar-refractivity contribution is 0.220. The van der Waals surface area contributed by atoms with E-state index in [1.165, 1.54) is 0 Å². The summed E-state index contributed by atoms with van der Waals surface area (Å²) in [5.74, 6) is 1.61. The molecule has 1 rings (SSSR count). The molecular weight excluding hydrogens is 240 g/mol. The number of methoxy groups -OCH3 is 1. The lowest BCUT2D eigenvalue weighted by atomic mass is 10.1. The average Bonchev–Trinajstić information content (AvgIpc) is 2.42. The van der Waals surface area contributed by atoms with Gasteiger partial charge in [0.15, 0.2) is 0 Å². The van der Waals surface area contributed by atoms with Crippen LogP contribution in [0.25, 0.3) is 0 Å². The van der Waals surface area contributed by atoms with E-state index in [1.807, 2.05) is 25.1 Å². The minimum absolute atomic E-state index is 0.111. The standard InChI is InChI=1S/C15H26N2O2/c1-5-17(6-2)10-11-19-14-9-7-8-13(18-4)15(14)12(3)16/h7-9,12H,5-6,10-11,16H2,1-4H3/t12-/m1/s1. The maximum absolute atomic E-state index is 6.00. The Hall–Kier alpha value is -1.26. The van der Waals surface area contributed by atoms with Crippen molar-refractivity contribution in [2.24, 2.45) is 5.73 Å². The molecule has 0 fully saturated rings. The van der Waals surface area contributed by atoms with Crippen LogP contribution in [0.4, 0.5) is 0 Å². The van der Waals surface area contributed by atoms with Crippen molar-refractivity contribution in [3.63, 3.8) is 0 Å². The van der Waals surface area contributed by atoms with Crippen LogP contribution in [0, 0.1) is 0 Å². The molecule has 0 radical (unpaired) electrons. The van der Waals surface area contributed by atoms with Crippen molar-refractivity contribution >= 4 is 0 Å². The summed E-state index contributed by atoms with van der Waals surface area (Å²) in [4.78, 5) is 2.33. The van der Waals surface area contributed by atoms with Gasteiger partial charge < -0.3 is 20.1 Å². The van der Waals surface area contributed by atoms with Gasteiger partial charge in [0, 0.05) is 12.6 Å². The molecule has 4 heteroatoms. The van der Waals surface area contributed by atoms with E-state index in [-0.39, 0.29) is 6.04 Å². The number of likely N-dealkylation sites (N-methyl/N-ethyl adjacent to an activating group) is 1. The summed E-state index contributed by atoms with van der Waals surface area (Å²) in [5, 5.41) is 0. The molecule has 1 aromatic carbocycles. The summed E-state index contributed by atoms with van der Waals surface area (Å²) in [7, 11) is 1.65. The van der Waals surface area contributed by atoms with Crippen LogP contribution in [0.1, 0.15) is 32.4 Å². The molecule has 2 N–H and O–H groups in total. The van der Waals surface area contributed by atoms with Gasteiger partial charge in [0.05, 0.1) is 12.7 Å². The quantitative estimate of drug-likeness (QED) is 0.785. The maximum Gasteiger partial charge on any atom is 0.127 e. The van der Waals surface area contributed by atoms with Crippen LogP contribution in [-0.4, -0.2) is 38.3 Å². The van der Waals surface area contributed by atoms with Crippen molar-refractivity contribution < 1.29 is 9.47 Å². The van der Waals surface area contributed by atoms with E-state index in [0.717, 1.165) is 36.7 Å². The van der Waals surface area contributed by atoms with Crippen LogP contribution in [-0.2, 0) is 0 Å². The van der Waals surface area contributed by atoms with Crippen molar-refractivity contribution in [2.75, 3.05) is 33.4 Å². The van der Waals surface area contributed by atoms with Crippen molar-refractivity contribution in [3.05, 3.63) is 23.8 Å². The Morgan fingerprint density at radius 1 is 1.21 bits per heavy atom. The molecule has 1 aromatic rings. The van der Waals surface area contributed by atoms with Crippen LogP contribution < -0.4 is 15.2 Å². The molecule has 1 atom stereocenters. The van der Waals surface area contributed by atoms with E-state index in [1.54, 1.807) is 7.11 Å². The van der Waals surface area contributed by atoms with Crippen LogP contribution in [0.2, 0.25) is 0 Å². The minimum Gasteiger partial charge on any atom is -0.496 e. The second-order valence-corrected chi connectivity index (χ2v) is 4.54. The first kappa shape index (κ1) is 15.8. The van der Waals surface area contributed by atoms with Crippen molar-refractivity contribution in [2.45, 2.75) is 26.8 Å². The van der Waals surface area contributed by atoms with Gasteiger partial charge in [-0.2, -0.15) is 0 Å². The summed E-state index contributed by atoms with van der Waals surface area (Å²) in [6.45, 7) is 9.91. The molecule has 0 spiro atoms. The fraction of sp³-hybridized carbons (Fsp3) is 0.600. The first-order valence-electron chi connectivity index (χ1n) is 6.91. The molecule has 0 aliphatic carbocycles. The van der Waals surface area contributed by atoms with Crippen LogP contribution >= 0.6 is 0 Å². The molecule has 0 heterocycles. The highest BCUT2D eigenvalue weighted by molar-refractivity contribution is 5.46. The number of nitrogens with two attached hydrogens (primary N) is 1. The lowest BCUT2D eigenvalue weighted by Gasteiger charge is -2.20. The average molecular weight is 266 g/mol. The molecule has 0 amide bonds. The molecule has 4 nitrogen and oxygen atoms in total. The Labute approximate surface area is 116 Å². The summed E-state index contributed by atoms with van der Waals surface area (Å²) in [6, 6.07) is 5.68. The maximum atomic E-state index is 6.00. The third-order valence-electron chi connectivity index (χ3n) is 3.26. The summed E-state index contributed by atoms with van der Waals surface area (Å²) >= 11 is 0.